The van der Waals surface area contributed by atoms with Crippen LogP contribution in [0.3, 0.4) is 0 Å². The Morgan fingerprint density at radius 1 is 1.17 bits per heavy atom. The first-order chi connectivity index (χ1) is 13.8. The van der Waals surface area contributed by atoms with Gasteiger partial charge in [0, 0.05) is 10.6 Å². The number of halogens is 3. The van der Waals surface area contributed by atoms with E-state index in [2.05, 4.69) is 10.1 Å². The number of anilines is 1. The van der Waals surface area contributed by atoms with E-state index in [1.807, 2.05) is 19.0 Å². The van der Waals surface area contributed by atoms with E-state index in [0.29, 0.717) is 28.8 Å². The Labute approximate surface area is 171 Å². The zero-order valence-electron chi connectivity index (χ0n) is 15.9. The van der Waals surface area contributed by atoms with Crippen LogP contribution in [0.5, 0.6) is 0 Å². The first-order valence-corrected chi connectivity index (χ1v) is 9.32. The van der Waals surface area contributed by atoms with Crippen LogP contribution < -0.4 is 4.90 Å². The van der Waals surface area contributed by atoms with Crippen LogP contribution in [0.4, 0.5) is 14.5 Å². The van der Waals surface area contributed by atoms with Gasteiger partial charge in [-0.2, -0.15) is 5.10 Å². The molecule has 0 saturated heterocycles. The van der Waals surface area contributed by atoms with Crippen molar-refractivity contribution in [2.75, 3.05) is 38.8 Å². The highest BCUT2D eigenvalue weighted by Gasteiger charge is 2.33. The maximum absolute atomic E-state index is 14.5. The molecule has 0 aliphatic carbocycles. The molecule has 0 bridgehead atoms. The number of aliphatic imine (C=N–C) groups is 1. The fraction of sp³-hybridized carbons (Fsp3) is 0.250. The van der Waals surface area contributed by atoms with Gasteiger partial charge < -0.3 is 4.90 Å². The second-order valence-electron chi connectivity index (χ2n) is 7.04. The van der Waals surface area contributed by atoms with Gasteiger partial charge in [-0.15, -0.1) is 0 Å². The van der Waals surface area contributed by atoms with E-state index in [-0.39, 0.29) is 30.3 Å². The van der Waals surface area contributed by atoms with Crippen molar-refractivity contribution in [1.29, 1.82) is 0 Å². The van der Waals surface area contributed by atoms with Crippen LogP contribution in [-0.4, -0.2) is 61.2 Å². The number of carbonyl (C=O) groups excluding carboxylic acids is 1. The van der Waals surface area contributed by atoms with Crippen LogP contribution in [0.15, 0.2) is 46.5 Å². The predicted octanol–water partition coefficient (Wildman–Crippen LogP) is 2.95. The molecule has 0 radical (unpaired) electrons. The Balaban J connectivity index is 1.89. The van der Waals surface area contributed by atoms with Crippen molar-refractivity contribution in [3.05, 3.63) is 64.2 Å². The summed E-state index contributed by atoms with van der Waals surface area (Å²) in [6, 6.07) is 8.64. The van der Waals surface area contributed by atoms with Crippen LogP contribution in [0.1, 0.15) is 11.1 Å². The van der Waals surface area contributed by atoms with Crippen molar-refractivity contribution < 1.29 is 13.6 Å². The van der Waals surface area contributed by atoms with Gasteiger partial charge in [0.05, 0.1) is 30.2 Å². The summed E-state index contributed by atoms with van der Waals surface area (Å²) in [5.74, 6) is -1.12. The Morgan fingerprint density at radius 2 is 1.90 bits per heavy atom. The standard InChI is InChI=1S/C20H18ClF2N5O/c1-26(2)11-28-18(29)10-27-16-7-6-12(21)8-13(16)20(24-9-17(27)25-28)19-14(22)4-3-5-15(19)23/h3-8H,9-11H2,1-2H3. The predicted molar refractivity (Wildman–Crippen MR) is 108 cm³/mol. The number of hydrogen-bond donors (Lipinski definition) is 0. The number of rotatable bonds is 3. The lowest BCUT2D eigenvalue weighted by atomic mass is 9.99. The number of hydrazone groups is 1. The molecule has 0 fully saturated rings. The van der Waals surface area contributed by atoms with E-state index < -0.39 is 11.6 Å². The average molecular weight is 418 g/mol. The highest BCUT2D eigenvalue weighted by atomic mass is 35.5. The van der Waals surface area contributed by atoms with E-state index in [0.717, 1.165) is 0 Å². The van der Waals surface area contributed by atoms with E-state index in [4.69, 9.17) is 11.6 Å². The van der Waals surface area contributed by atoms with Gasteiger partial charge >= 0.3 is 0 Å². The first kappa shape index (κ1) is 19.5. The summed E-state index contributed by atoms with van der Waals surface area (Å²) in [6.07, 6.45) is 0. The third kappa shape index (κ3) is 3.61. The molecule has 1 amide bonds. The second kappa shape index (κ2) is 7.53. The highest BCUT2D eigenvalue weighted by molar-refractivity contribution is 6.32. The lowest BCUT2D eigenvalue weighted by molar-refractivity contribution is -0.131. The quantitative estimate of drug-likeness (QED) is 0.771. The smallest absolute Gasteiger partial charge is 0.263 e. The van der Waals surface area contributed by atoms with Gasteiger partial charge in [0.1, 0.15) is 18.2 Å². The van der Waals surface area contributed by atoms with Gasteiger partial charge in [0.15, 0.2) is 5.84 Å². The third-order valence-corrected chi connectivity index (χ3v) is 4.86. The number of amidine groups is 1. The van der Waals surface area contributed by atoms with Crippen molar-refractivity contribution in [2.24, 2.45) is 10.1 Å². The van der Waals surface area contributed by atoms with Crippen molar-refractivity contribution in [1.82, 2.24) is 9.91 Å². The molecular weight excluding hydrogens is 400 g/mol. The molecule has 6 nitrogen and oxygen atoms in total. The second-order valence-corrected chi connectivity index (χ2v) is 7.48. The summed E-state index contributed by atoms with van der Waals surface area (Å²) in [6.45, 7) is 0.429. The summed E-state index contributed by atoms with van der Waals surface area (Å²) in [5, 5.41) is 6.20. The highest BCUT2D eigenvalue weighted by Crippen LogP contribution is 2.32. The first-order valence-electron chi connectivity index (χ1n) is 8.94. The fourth-order valence-corrected chi connectivity index (χ4v) is 3.55. The summed E-state index contributed by atoms with van der Waals surface area (Å²) >= 11 is 6.17. The van der Waals surface area contributed by atoms with E-state index in [1.165, 1.54) is 23.2 Å². The molecule has 0 spiro atoms. The number of carbonyl (C=O) groups is 1. The van der Waals surface area contributed by atoms with Crippen LogP contribution in [0.2, 0.25) is 5.02 Å². The molecule has 2 aliphatic heterocycles. The van der Waals surface area contributed by atoms with Gasteiger partial charge in [-0.3, -0.25) is 14.7 Å². The third-order valence-electron chi connectivity index (χ3n) is 4.63. The van der Waals surface area contributed by atoms with Crippen LogP contribution in [-0.2, 0) is 4.79 Å². The van der Waals surface area contributed by atoms with Crippen LogP contribution in [0.25, 0.3) is 0 Å². The van der Waals surface area contributed by atoms with E-state index >= 15 is 0 Å². The molecule has 9 heteroatoms. The van der Waals surface area contributed by atoms with Crippen molar-refractivity contribution >= 4 is 34.7 Å². The minimum atomic E-state index is -0.721. The Morgan fingerprint density at radius 3 is 2.59 bits per heavy atom. The maximum atomic E-state index is 14.5. The fourth-order valence-electron chi connectivity index (χ4n) is 3.38. The van der Waals surface area contributed by atoms with Gasteiger partial charge in [-0.25, -0.2) is 13.8 Å². The normalized spacial score (nSPS) is 16.3. The number of benzene rings is 2. The molecule has 0 atom stereocenters. The zero-order chi connectivity index (χ0) is 20.7. The molecular formula is C20H18ClF2N5O. The molecule has 2 aliphatic rings. The summed E-state index contributed by atoms with van der Waals surface area (Å²) in [7, 11) is 3.67. The summed E-state index contributed by atoms with van der Waals surface area (Å²) in [5.41, 5.74) is 0.931. The number of fused-ring (bicyclic) bond motifs is 3. The Bertz CT molecular complexity index is 1030. The number of hydrogen-bond acceptors (Lipinski definition) is 5. The van der Waals surface area contributed by atoms with E-state index in [9.17, 15) is 13.6 Å². The molecule has 2 aromatic rings. The topological polar surface area (TPSA) is 51.5 Å². The van der Waals surface area contributed by atoms with Crippen molar-refractivity contribution in [3.8, 4) is 0 Å². The molecule has 29 heavy (non-hydrogen) atoms. The van der Waals surface area contributed by atoms with Gasteiger partial charge in [0.2, 0.25) is 0 Å². The molecule has 150 valence electrons. The largest absolute Gasteiger partial charge is 0.317 e. The molecule has 0 aromatic heterocycles. The van der Waals surface area contributed by atoms with Crippen LogP contribution >= 0.6 is 11.6 Å². The van der Waals surface area contributed by atoms with Gasteiger partial charge in [-0.1, -0.05) is 17.7 Å². The van der Waals surface area contributed by atoms with Gasteiger partial charge in [0.25, 0.3) is 5.91 Å². The zero-order valence-corrected chi connectivity index (χ0v) is 16.6. The molecule has 4 rings (SSSR count). The lowest BCUT2D eigenvalue weighted by Gasteiger charge is -2.33. The molecule has 2 heterocycles. The molecule has 0 unspecified atom stereocenters. The number of amides is 1. The monoisotopic (exact) mass is 417 g/mol. The maximum Gasteiger partial charge on any atom is 0.263 e. The van der Waals surface area contributed by atoms with E-state index in [1.54, 1.807) is 23.1 Å². The molecule has 0 N–H and O–H groups in total. The SMILES string of the molecule is CN(C)CN1N=C2CN=C(c3c(F)cccc3F)c3cc(Cl)ccc3N2CC1=O. The number of nitrogens with zero attached hydrogens (tertiary/aromatic N) is 5. The minimum Gasteiger partial charge on any atom is -0.317 e. The summed E-state index contributed by atoms with van der Waals surface area (Å²) < 4.78 is 29.1. The Hall–Kier alpha value is -2.84. The van der Waals surface area contributed by atoms with Crippen molar-refractivity contribution in [2.45, 2.75) is 0 Å². The lowest BCUT2D eigenvalue weighted by Crippen LogP contribution is -2.50. The van der Waals surface area contributed by atoms with Gasteiger partial charge in [-0.05, 0) is 44.4 Å². The molecule has 2 aromatic carbocycles. The summed E-state index contributed by atoms with van der Waals surface area (Å²) in [4.78, 5) is 20.6. The molecule has 0 saturated carbocycles. The average Bonchev–Trinajstić information content (AvgIpc) is 2.79. The van der Waals surface area contributed by atoms with Crippen LogP contribution in [0, 0.1) is 11.6 Å². The Kier molecular flexibility index (Phi) is 5.06. The van der Waals surface area contributed by atoms with Crippen molar-refractivity contribution in [3.63, 3.8) is 0 Å². The minimum absolute atomic E-state index is 0.0455.